The van der Waals surface area contributed by atoms with Gasteiger partial charge in [0, 0.05) is 5.69 Å². The highest BCUT2D eigenvalue weighted by molar-refractivity contribution is 5.95. The molecule has 0 saturated carbocycles. The Morgan fingerprint density at radius 3 is 2.65 bits per heavy atom. The summed E-state index contributed by atoms with van der Waals surface area (Å²) in [6.07, 6.45) is 0. The monoisotopic (exact) mass is 273 g/mol. The maximum atomic E-state index is 12.9. The van der Waals surface area contributed by atoms with E-state index in [4.69, 9.17) is 10.5 Å². The van der Waals surface area contributed by atoms with E-state index in [-0.39, 0.29) is 17.9 Å². The summed E-state index contributed by atoms with van der Waals surface area (Å²) < 4.78 is 18.2. The van der Waals surface area contributed by atoms with E-state index in [1.165, 1.54) is 12.1 Å². The summed E-state index contributed by atoms with van der Waals surface area (Å²) in [4.78, 5) is 11.9. The fourth-order valence-electron chi connectivity index (χ4n) is 1.90. The summed E-state index contributed by atoms with van der Waals surface area (Å²) in [7, 11) is 0. The summed E-state index contributed by atoms with van der Waals surface area (Å²) >= 11 is 0. The van der Waals surface area contributed by atoms with Gasteiger partial charge < -0.3 is 10.5 Å². The Bertz CT molecular complexity index is 653. The van der Waals surface area contributed by atoms with Gasteiger partial charge in [-0.2, -0.15) is 0 Å². The summed E-state index contributed by atoms with van der Waals surface area (Å²) in [6, 6.07) is 9.56. The highest BCUT2D eigenvalue weighted by atomic mass is 19.1. The largest absolute Gasteiger partial charge is 0.457 e. The number of nitrogens with two attached hydrogens (primary N) is 1. The number of carbonyl (C=O) groups excluding carboxylic acids is 1. The maximum Gasteiger partial charge on any atom is 0.340 e. The number of carbonyl (C=O) groups is 1. The quantitative estimate of drug-likeness (QED) is 0.689. The Labute approximate surface area is 117 Å². The van der Waals surface area contributed by atoms with Gasteiger partial charge >= 0.3 is 5.97 Å². The average molecular weight is 273 g/mol. The van der Waals surface area contributed by atoms with Gasteiger partial charge in [-0.05, 0) is 43.2 Å². The summed E-state index contributed by atoms with van der Waals surface area (Å²) in [5.41, 5.74) is 8.96. The lowest BCUT2D eigenvalue weighted by molar-refractivity contribution is 0.0473. The first-order valence-corrected chi connectivity index (χ1v) is 6.25. The van der Waals surface area contributed by atoms with Crippen molar-refractivity contribution in [3.8, 4) is 0 Å². The lowest BCUT2D eigenvalue weighted by Crippen LogP contribution is -2.09. The van der Waals surface area contributed by atoms with E-state index in [0.29, 0.717) is 0 Å². The third-order valence-corrected chi connectivity index (χ3v) is 3.10. The third kappa shape index (κ3) is 3.15. The molecular formula is C16H16FNO2. The lowest BCUT2D eigenvalue weighted by Gasteiger charge is -2.09. The molecule has 3 nitrogen and oxygen atoms in total. The molecule has 2 aromatic carbocycles. The molecule has 0 fully saturated rings. The Hall–Kier alpha value is -2.36. The molecule has 0 unspecified atom stereocenters. The molecule has 0 amide bonds. The zero-order valence-electron chi connectivity index (χ0n) is 11.4. The van der Waals surface area contributed by atoms with Crippen molar-refractivity contribution < 1.29 is 13.9 Å². The van der Waals surface area contributed by atoms with Crippen LogP contribution in [-0.2, 0) is 11.3 Å². The highest BCUT2D eigenvalue weighted by Gasteiger charge is 2.12. The molecule has 0 aromatic heterocycles. The van der Waals surface area contributed by atoms with Crippen molar-refractivity contribution in [1.82, 2.24) is 0 Å². The van der Waals surface area contributed by atoms with Crippen LogP contribution in [0.15, 0.2) is 36.4 Å². The predicted molar refractivity (Wildman–Crippen MR) is 75.8 cm³/mol. The van der Waals surface area contributed by atoms with Gasteiger partial charge in [-0.3, -0.25) is 0 Å². The van der Waals surface area contributed by atoms with Crippen molar-refractivity contribution in [3.63, 3.8) is 0 Å². The van der Waals surface area contributed by atoms with Crippen molar-refractivity contribution in [1.29, 1.82) is 0 Å². The number of halogens is 1. The van der Waals surface area contributed by atoms with Crippen LogP contribution < -0.4 is 5.73 Å². The third-order valence-electron chi connectivity index (χ3n) is 3.10. The van der Waals surface area contributed by atoms with Crippen molar-refractivity contribution >= 4 is 11.7 Å². The van der Waals surface area contributed by atoms with E-state index in [0.717, 1.165) is 22.8 Å². The van der Waals surface area contributed by atoms with Gasteiger partial charge in [0.05, 0.1) is 5.56 Å². The van der Waals surface area contributed by atoms with E-state index in [9.17, 15) is 9.18 Å². The SMILES string of the molecule is Cc1ccc(C)c(COC(=O)c2ccc(F)cc2N)c1. The van der Waals surface area contributed by atoms with Crippen LogP contribution in [0.5, 0.6) is 0 Å². The normalized spacial score (nSPS) is 10.3. The molecule has 0 aliphatic carbocycles. The van der Waals surface area contributed by atoms with Crippen LogP contribution >= 0.6 is 0 Å². The fourth-order valence-corrected chi connectivity index (χ4v) is 1.90. The first-order valence-electron chi connectivity index (χ1n) is 6.25. The Morgan fingerprint density at radius 1 is 1.20 bits per heavy atom. The maximum absolute atomic E-state index is 12.9. The minimum Gasteiger partial charge on any atom is -0.457 e. The van der Waals surface area contributed by atoms with E-state index in [1.54, 1.807) is 0 Å². The molecule has 0 aliphatic rings. The summed E-state index contributed by atoms with van der Waals surface area (Å²) in [5, 5.41) is 0. The molecule has 2 aromatic rings. The molecule has 4 heteroatoms. The number of esters is 1. The second-order valence-electron chi connectivity index (χ2n) is 4.74. The van der Waals surface area contributed by atoms with E-state index >= 15 is 0 Å². The van der Waals surface area contributed by atoms with E-state index < -0.39 is 11.8 Å². The van der Waals surface area contributed by atoms with Crippen LogP contribution in [0.4, 0.5) is 10.1 Å². The Morgan fingerprint density at radius 2 is 1.95 bits per heavy atom. The molecule has 20 heavy (non-hydrogen) atoms. The van der Waals surface area contributed by atoms with E-state index in [2.05, 4.69) is 0 Å². The van der Waals surface area contributed by atoms with Gasteiger partial charge in [-0.1, -0.05) is 23.8 Å². The first kappa shape index (κ1) is 14.1. The molecule has 0 radical (unpaired) electrons. The number of rotatable bonds is 3. The Balaban J connectivity index is 2.10. The van der Waals surface area contributed by atoms with Crippen LogP contribution in [-0.4, -0.2) is 5.97 Å². The zero-order chi connectivity index (χ0) is 14.7. The van der Waals surface area contributed by atoms with Gasteiger partial charge in [0.25, 0.3) is 0 Å². The topological polar surface area (TPSA) is 52.3 Å². The van der Waals surface area contributed by atoms with Gasteiger partial charge in [0.2, 0.25) is 0 Å². The Kier molecular flexibility index (Phi) is 4.03. The number of benzene rings is 2. The second-order valence-corrected chi connectivity index (χ2v) is 4.74. The molecule has 0 spiro atoms. The minimum absolute atomic E-state index is 0.0796. The highest BCUT2D eigenvalue weighted by Crippen LogP contribution is 2.17. The molecule has 0 bridgehead atoms. The van der Waals surface area contributed by atoms with Crippen LogP contribution in [0, 0.1) is 19.7 Å². The smallest absolute Gasteiger partial charge is 0.340 e. The number of aryl methyl sites for hydroxylation is 2. The molecule has 104 valence electrons. The molecular weight excluding hydrogens is 257 g/mol. The predicted octanol–water partition coefficient (Wildman–Crippen LogP) is 3.38. The average Bonchev–Trinajstić information content (AvgIpc) is 2.39. The molecule has 2 rings (SSSR count). The van der Waals surface area contributed by atoms with Gasteiger partial charge in [-0.25, -0.2) is 9.18 Å². The van der Waals surface area contributed by atoms with Crippen LogP contribution in [0.1, 0.15) is 27.0 Å². The van der Waals surface area contributed by atoms with Gasteiger partial charge in [-0.15, -0.1) is 0 Å². The van der Waals surface area contributed by atoms with Crippen molar-refractivity contribution in [3.05, 3.63) is 64.5 Å². The molecule has 0 atom stereocenters. The van der Waals surface area contributed by atoms with Gasteiger partial charge in [0.15, 0.2) is 0 Å². The van der Waals surface area contributed by atoms with Gasteiger partial charge in [0.1, 0.15) is 12.4 Å². The lowest BCUT2D eigenvalue weighted by atomic mass is 10.1. The number of nitrogen functional groups attached to an aromatic ring is 1. The van der Waals surface area contributed by atoms with E-state index in [1.807, 2.05) is 32.0 Å². The fraction of sp³-hybridized carbons (Fsp3) is 0.188. The number of ether oxygens (including phenoxy) is 1. The van der Waals surface area contributed by atoms with Crippen molar-refractivity contribution in [2.75, 3.05) is 5.73 Å². The number of hydrogen-bond acceptors (Lipinski definition) is 3. The van der Waals surface area contributed by atoms with Crippen LogP contribution in [0.2, 0.25) is 0 Å². The summed E-state index contributed by atoms with van der Waals surface area (Å²) in [6.45, 7) is 4.10. The van der Waals surface area contributed by atoms with Crippen LogP contribution in [0.3, 0.4) is 0 Å². The molecule has 0 saturated heterocycles. The molecule has 2 N–H and O–H groups in total. The summed E-state index contributed by atoms with van der Waals surface area (Å²) in [5.74, 6) is -1.03. The number of hydrogen-bond donors (Lipinski definition) is 1. The zero-order valence-corrected chi connectivity index (χ0v) is 11.4. The van der Waals surface area contributed by atoms with Crippen molar-refractivity contribution in [2.45, 2.75) is 20.5 Å². The number of anilines is 1. The first-order chi connectivity index (χ1) is 9.47. The minimum atomic E-state index is -0.552. The second kappa shape index (κ2) is 5.74. The van der Waals surface area contributed by atoms with Crippen molar-refractivity contribution in [2.24, 2.45) is 0 Å². The molecule has 0 heterocycles. The van der Waals surface area contributed by atoms with Crippen LogP contribution in [0.25, 0.3) is 0 Å². The standard InChI is InChI=1S/C16H16FNO2/c1-10-3-4-11(2)12(7-10)9-20-16(19)14-6-5-13(17)8-15(14)18/h3-8H,9,18H2,1-2H3. The molecule has 0 aliphatic heterocycles.